The van der Waals surface area contributed by atoms with Crippen molar-refractivity contribution in [2.75, 3.05) is 6.54 Å². The largest absolute Gasteiger partial charge is 0.481 e. The Bertz CT molecular complexity index is 253. The summed E-state index contributed by atoms with van der Waals surface area (Å²) in [4.78, 5) is 21.1. The first-order valence-corrected chi connectivity index (χ1v) is 4.78. The van der Waals surface area contributed by atoms with Crippen molar-refractivity contribution in [1.29, 1.82) is 0 Å². The zero-order chi connectivity index (χ0) is 12.8. The van der Waals surface area contributed by atoms with Gasteiger partial charge in [0.2, 0.25) is 5.91 Å². The van der Waals surface area contributed by atoms with E-state index in [-0.39, 0.29) is 6.54 Å². The number of hydrogen-bond donors (Lipinski definition) is 2. The first kappa shape index (κ1) is 14.7. The molecule has 0 aliphatic rings. The first-order chi connectivity index (χ1) is 7.22. The molecule has 0 rings (SSSR count). The van der Waals surface area contributed by atoms with Gasteiger partial charge in [0, 0.05) is 6.54 Å². The van der Waals surface area contributed by atoms with E-state index in [1.807, 2.05) is 0 Å². The number of aliphatic carboxylic acids is 1. The Kier molecular flexibility index (Phi) is 5.84. The third-order valence-corrected chi connectivity index (χ3v) is 1.92. The number of carboxylic acid groups (broad SMARTS) is 1. The summed E-state index contributed by atoms with van der Waals surface area (Å²) in [7, 11) is 0. The van der Waals surface area contributed by atoms with Gasteiger partial charge in [-0.25, -0.2) is 0 Å². The van der Waals surface area contributed by atoms with Crippen LogP contribution in [0.25, 0.3) is 0 Å². The molecule has 0 aromatic rings. The molecule has 0 aliphatic heterocycles. The smallest absolute Gasteiger partial charge is 0.397 e. The molecular weight excluding hydrogens is 227 g/mol. The normalized spacial score (nSPS) is 13.2. The average Bonchev–Trinajstić information content (AvgIpc) is 2.08. The van der Waals surface area contributed by atoms with Gasteiger partial charge in [-0.05, 0) is 12.8 Å². The molecule has 1 amide bonds. The van der Waals surface area contributed by atoms with Crippen LogP contribution in [0.1, 0.15) is 26.2 Å². The summed E-state index contributed by atoms with van der Waals surface area (Å²) >= 11 is 0. The lowest BCUT2D eigenvalue weighted by molar-refractivity contribution is -0.153. The standard InChI is InChI=1S/C9H14F3NO3/c1-6(8(15)16)3-2-4-13-7(14)5-9(10,11)12/h6H,2-5H2,1H3,(H,13,14)(H,15,16). The maximum Gasteiger partial charge on any atom is 0.397 e. The summed E-state index contributed by atoms with van der Waals surface area (Å²) in [6.07, 6.45) is -5.33. The van der Waals surface area contributed by atoms with Gasteiger partial charge < -0.3 is 10.4 Å². The Labute approximate surface area is 90.8 Å². The predicted molar refractivity (Wildman–Crippen MR) is 49.7 cm³/mol. The highest BCUT2D eigenvalue weighted by Crippen LogP contribution is 2.18. The fraction of sp³-hybridized carbons (Fsp3) is 0.778. The monoisotopic (exact) mass is 241 g/mol. The van der Waals surface area contributed by atoms with Gasteiger partial charge in [-0.3, -0.25) is 9.59 Å². The van der Waals surface area contributed by atoms with Gasteiger partial charge in [-0.1, -0.05) is 6.92 Å². The van der Waals surface area contributed by atoms with Crippen molar-refractivity contribution < 1.29 is 27.9 Å². The fourth-order valence-corrected chi connectivity index (χ4v) is 1.00. The Balaban J connectivity index is 3.60. The predicted octanol–water partition coefficient (Wildman–Crippen LogP) is 1.56. The van der Waals surface area contributed by atoms with Crippen molar-refractivity contribution in [2.24, 2.45) is 5.92 Å². The molecule has 0 fully saturated rings. The minimum Gasteiger partial charge on any atom is -0.481 e. The molecule has 0 heterocycles. The second-order valence-electron chi connectivity index (χ2n) is 3.52. The maximum atomic E-state index is 11.7. The number of halogens is 3. The molecule has 0 aliphatic carbocycles. The zero-order valence-corrected chi connectivity index (χ0v) is 8.80. The van der Waals surface area contributed by atoms with E-state index < -0.39 is 30.4 Å². The number of carboxylic acids is 1. The van der Waals surface area contributed by atoms with E-state index in [0.717, 1.165) is 0 Å². The van der Waals surface area contributed by atoms with Crippen molar-refractivity contribution in [3.8, 4) is 0 Å². The third kappa shape index (κ3) is 8.07. The van der Waals surface area contributed by atoms with Crippen LogP contribution in [0.4, 0.5) is 13.2 Å². The molecular formula is C9H14F3NO3. The number of alkyl halides is 3. The van der Waals surface area contributed by atoms with Crippen LogP contribution in [-0.2, 0) is 9.59 Å². The summed E-state index contributed by atoms with van der Waals surface area (Å²) in [5.74, 6) is -2.60. The van der Waals surface area contributed by atoms with E-state index in [1.165, 1.54) is 6.92 Å². The number of amides is 1. The van der Waals surface area contributed by atoms with Crippen molar-refractivity contribution in [2.45, 2.75) is 32.4 Å². The second kappa shape index (κ2) is 6.34. The first-order valence-electron chi connectivity index (χ1n) is 4.78. The Morgan fingerprint density at radius 2 is 1.94 bits per heavy atom. The van der Waals surface area contributed by atoms with Crippen molar-refractivity contribution >= 4 is 11.9 Å². The highest BCUT2D eigenvalue weighted by molar-refractivity contribution is 5.76. The molecule has 4 nitrogen and oxygen atoms in total. The molecule has 0 saturated carbocycles. The molecule has 0 radical (unpaired) electrons. The molecule has 0 saturated heterocycles. The molecule has 7 heteroatoms. The molecule has 94 valence electrons. The Morgan fingerprint density at radius 3 is 2.38 bits per heavy atom. The number of rotatable bonds is 6. The second-order valence-corrected chi connectivity index (χ2v) is 3.52. The Hall–Kier alpha value is -1.27. The molecule has 0 spiro atoms. The summed E-state index contributed by atoms with van der Waals surface area (Å²) in [5, 5.41) is 10.6. The van der Waals surface area contributed by atoms with Crippen LogP contribution in [0.15, 0.2) is 0 Å². The van der Waals surface area contributed by atoms with Crippen LogP contribution >= 0.6 is 0 Å². The van der Waals surface area contributed by atoms with Gasteiger partial charge >= 0.3 is 12.1 Å². The van der Waals surface area contributed by atoms with Crippen LogP contribution in [0, 0.1) is 5.92 Å². The molecule has 16 heavy (non-hydrogen) atoms. The number of carbonyl (C=O) groups excluding carboxylic acids is 1. The van der Waals surface area contributed by atoms with Gasteiger partial charge in [0.25, 0.3) is 0 Å². The third-order valence-electron chi connectivity index (χ3n) is 1.92. The van der Waals surface area contributed by atoms with Gasteiger partial charge in [0.1, 0.15) is 6.42 Å². The number of carbonyl (C=O) groups is 2. The maximum absolute atomic E-state index is 11.7. The lowest BCUT2D eigenvalue weighted by Crippen LogP contribution is -2.29. The van der Waals surface area contributed by atoms with Gasteiger partial charge in [-0.2, -0.15) is 13.2 Å². The highest BCUT2D eigenvalue weighted by Gasteiger charge is 2.30. The Morgan fingerprint density at radius 1 is 1.38 bits per heavy atom. The van der Waals surface area contributed by atoms with Crippen LogP contribution in [0.2, 0.25) is 0 Å². The SMILES string of the molecule is CC(CCCNC(=O)CC(F)(F)F)C(=O)O. The lowest BCUT2D eigenvalue weighted by atomic mass is 10.1. The highest BCUT2D eigenvalue weighted by atomic mass is 19.4. The lowest BCUT2D eigenvalue weighted by Gasteiger charge is -2.08. The fourth-order valence-electron chi connectivity index (χ4n) is 1.00. The zero-order valence-electron chi connectivity index (χ0n) is 8.80. The van der Waals surface area contributed by atoms with E-state index in [1.54, 1.807) is 0 Å². The van der Waals surface area contributed by atoms with E-state index in [4.69, 9.17) is 5.11 Å². The molecule has 0 aromatic carbocycles. The van der Waals surface area contributed by atoms with Crippen LogP contribution in [0.3, 0.4) is 0 Å². The topological polar surface area (TPSA) is 66.4 Å². The van der Waals surface area contributed by atoms with Crippen molar-refractivity contribution in [3.63, 3.8) is 0 Å². The van der Waals surface area contributed by atoms with E-state index in [9.17, 15) is 22.8 Å². The van der Waals surface area contributed by atoms with Crippen LogP contribution in [0.5, 0.6) is 0 Å². The average molecular weight is 241 g/mol. The molecule has 2 N–H and O–H groups in total. The number of hydrogen-bond acceptors (Lipinski definition) is 2. The molecule has 0 bridgehead atoms. The van der Waals surface area contributed by atoms with Crippen molar-refractivity contribution in [3.05, 3.63) is 0 Å². The van der Waals surface area contributed by atoms with E-state index >= 15 is 0 Å². The summed E-state index contributed by atoms with van der Waals surface area (Å²) in [6, 6.07) is 0. The quantitative estimate of drug-likeness (QED) is 0.693. The van der Waals surface area contributed by atoms with Crippen LogP contribution in [-0.4, -0.2) is 29.7 Å². The van der Waals surface area contributed by atoms with Crippen LogP contribution < -0.4 is 5.32 Å². The van der Waals surface area contributed by atoms with Gasteiger partial charge in [0.15, 0.2) is 0 Å². The molecule has 1 atom stereocenters. The molecule has 0 aromatic heterocycles. The minimum atomic E-state index is -4.50. The summed E-state index contributed by atoms with van der Waals surface area (Å²) in [5.41, 5.74) is 0. The van der Waals surface area contributed by atoms with E-state index in [2.05, 4.69) is 5.32 Å². The number of nitrogens with one attached hydrogen (secondary N) is 1. The van der Waals surface area contributed by atoms with Gasteiger partial charge in [-0.15, -0.1) is 0 Å². The minimum absolute atomic E-state index is 0.0620. The van der Waals surface area contributed by atoms with E-state index in [0.29, 0.717) is 12.8 Å². The molecule has 1 unspecified atom stereocenters. The summed E-state index contributed by atoms with van der Waals surface area (Å²) < 4.78 is 35.1. The summed E-state index contributed by atoms with van der Waals surface area (Å²) in [6.45, 7) is 1.56. The van der Waals surface area contributed by atoms with Gasteiger partial charge in [0.05, 0.1) is 5.92 Å². The van der Waals surface area contributed by atoms with Crippen molar-refractivity contribution in [1.82, 2.24) is 5.32 Å².